The summed E-state index contributed by atoms with van der Waals surface area (Å²) in [7, 11) is 5.31. The largest absolute Gasteiger partial charge is 0.366 e. The molecule has 0 unspecified atom stereocenters. The maximum absolute atomic E-state index is 9.82. The minimum atomic E-state index is -0.435. The normalized spacial score (nSPS) is 8.40. The predicted octanol–water partition coefficient (Wildman–Crippen LogP) is -1.12. The molecule has 0 rings (SSSR count). The van der Waals surface area contributed by atoms with Crippen molar-refractivity contribution in [2.24, 2.45) is 5.73 Å². The first-order valence-corrected chi connectivity index (χ1v) is 3.83. The maximum Gasteiger partial charge on any atom is 0.243 e. The van der Waals surface area contributed by atoms with Crippen LogP contribution in [0.3, 0.4) is 0 Å². The van der Waals surface area contributed by atoms with Gasteiger partial charge in [0.1, 0.15) is 0 Å². The molecule has 0 aliphatic heterocycles. The molecule has 0 aromatic rings. The number of carbonyl (C=O) groups excluding carboxylic acids is 1. The highest BCUT2D eigenvalue weighted by atomic mass is 28.2. The molecule has 0 atom stereocenters. The smallest absolute Gasteiger partial charge is 0.243 e. The van der Waals surface area contributed by atoms with Gasteiger partial charge in [0, 0.05) is 5.57 Å². The van der Waals surface area contributed by atoms with Gasteiger partial charge in [-0.3, -0.25) is 4.79 Å². The Morgan fingerprint density at radius 1 is 1.60 bits per heavy atom. The van der Waals surface area contributed by atoms with Gasteiger partial charge in [0.2, 0.25) is 5.91 Å². The van der Waals surface area contributed by atoms with Crippen molar-refractivity contribution in [1.82, 2.24) is 4.57 Å². The van der Waals surface area contributed by atoms with E-state index in [1.54, 1.807) is 6.92 Å². The summed E-state index contributed by atoms with van der Waals surface area (Å²) in [6.07, 6.45) is 0. The quantitative estimate of drug-likeness (QED) is 0.390. The van der Waals surface area contributed by atoms with Crippen molar-refractivity contribution in [3.63, 3.8) is 0 Å². The van der Waals surface area contributed by atoms with Crippen molar-refractivity contribution in [3.8, 4) is 0 Å². The Labute approximate surface area is 65.4 Å². The summed E-state index contributed by atoms with van der Waals surface area (Å²) in [6.45, 7) is 4.85. The van der Waals surface area contributed by atoms with Crippen molar-refractivity contribution >= 4 is 16.3 Å². The average Bonchev–Trinajstić information content (AvgIpc) is 1.63. The fraction of sp³-hybridized carbons (Fsp3) is 0.500. The fourth-order valence-corrected chi connectivity index (χ4v) is 0. The molecule has 0 aromatic carbocycles. The first-order chi connectivity index (χ1) is 4.37. The summed E-state index contributed by atoms with van der Waals surface area (Å²) in [5, 5.41) is 0. The number of nitrogens with two attached hydrogens (primary N) is 1. The number of carbonyl (C=O) groups is 1. The topological polar surface area (TPSA) is 46.3 Å². The maximum atomic E-state index is 9.82. The van der Waals surface area contributed by atoms with E-state index in [9.17, 15) is 4.79 Å². The van der Waals surface area contributed by atoms with Crippen molar-refractivity contribution in [2.75, 3.05) is 14.1 Å². The molecule has 1 amide bonds. The predicted molar refractivity (Wildman–Crippen MR) is 47.6 cm³/mol. The van der Waals surface area contributed by atoms with Gasteiger partial charge in [0.15, 0.2) is 0 Å². The molecule has 4 heteroatoms. The van der Waals surface area contributed by atoms with E-state index in [-0.39, 0.29) is 0 Å². The number of hydrogen-bond donors (Lipinski definition) is 1. The van der Waals surface area contributed by atoms with Crippen LogP contribution in [0.4, 0.5) is 0 Å². The lowest BCUT2D eigenvalue weighted by Gasteiger charge is -1.90. The molecule has 10 heavy (non-hydrogen) atoms. The number of primary amides is 1. The van der Waals surface area contributed by atoms with E-state index < -0.39 is 5.91 Å². The molecule has 2 N–H and O–H groups in total. The van der Waals surface area contributed by atoms with Gasteiger partial charge in [-0.25, -0.2) is 0 Å². The van der Waals surface area contributed by atoms with Gasteiger partial charge in [0.05, 0.1) is 10.4 Å². The third-order valence-corrected chi connectivity index (χ3v) is 0.421. The molecule has 0 fully saturated rings. The summed E-state index contributed by atoms with van der Waals surface area (Å²) < 4.78 is 2.14. The summed E-state index contributed by atoms with van der Waals surface area (Å²) in [4.78, 5) is 9.82. The van der Waals surface area contributed by atoms with E-state index >= 15 is 0 Å². The lowest BCUT2D eigenvalue weighted by Crippen LogP contribution is -2.10. The second kappa shape index (κ2) is 6.51. The lowest BCUT2D eigenvalue weighted by molar-refractivity contribution is -0.114. The van der Waals surface area contributed by atoms with E-state index in [4.69, 9.17) is 5.73 Å². The highest BCUT2D eigenvalue weighted by Crippen LogP contribution is 1.78. The van der Waals surface area contributed by atoms with Crippen LogP contribution in [0.1, 0.15) is 6.92 Å². The molecule has 0 saturated carbocycles. The first-order valence-electron chi connectivity index (χ1n) is 2.94. The van der Waals surface area contributed by atoms with Crippen molar-refractivity contribution in [1.29, 1.82) is 0 Å². The minimum Gasteiger partial charge on any atom is -0.366 e. The molecule has 0 aromatic heterocycles. The van der Waals surface area contributed by atoms with Crippen LogP contribution in [0.5, 0.6) is 0 Å². The van der Waals surface area contributed by atoms with Crippen molar-refractivity contribution in [3.05, 3.63) is 12.2 Å². The highest BCUT2D eigenvalue weighted by molar-refractivity contribution is 6.03. The Balaban J connectivity index is 0. The number of hydrogen-bond acceptors (Lipinski definition) is 2. The van der Waals surface area contributed by atoms with Crippen LogP contribution < -0.4 is 5.73 Å². The Bertz CT molecular complexity index is 108. The third kappa shape index (κ3) is 26.3. The summed E-state index contributed by atoms with van der Waals surface area (Å²) in [5.41, 5.74) is 5.09. The van der Waals surface area contributed by atoms with Crippen LogP contribution in [0.2, 0.25) is 0 Å². The SMILES string of the molecule is C=C(C)C(N)=O.CN(C)[SiH3]. The van der Waals surface area contributed by atoms with Crippen LogP contribution in [0.25, 0.3) is 0 Å². The van der Waals surface area contributed by atoms with Gasteiger partial charge < -0.3 is 10.3 Å². The van der Waals surface area contributed by atoms with Gasteiger partial charge in [-0.2, -0.15) is 0 Å². The van der Waals surface area contributed by atoms with E-state index in [0.29, 0.717) is 5.57 Å². The van der Waals surface area contributed by atoms with Gasteiger partial charge in [0.25, 0.3) is 0 Å². The van der Waals surface area contributed by atoms with Crippen LogP contribution in [0.15, 0.2) is 12.2 Å². The van der Waals surface area contributed by atoms with Crippen LogP contribution in [-0.2, 0) is 4.79 Å². The van der Waals surface area contributed by atoms with E-state index in [1.807, 2.05) is 0 Å². The zero-order chi connectivity index (χ0) is 8.73. The first kappa shape index (κ1) is 12.1. The van der Waals surface area contributed by atoms with E-state index in [2.05, 4.69) is 25.2 Å². The zero-order valence-electron chi connectivity index (χ0n) is 7.14. The van der Waals surface area contributed by atoms with Gasteiger partial charge in [-0.05, 0) is 21.0 Å². The minimum absolute atomic E-state index is 0.398. The van der Waals surface area contributed by atoms with Gasteiger partial charge in [-0.15, -0.1) is 0 Å². The second-order valence-corrected chi connectivity index (χ2v) is 4.28. The number of rotatable bonds is 1. The van der Waals surface area contributed by atoms with Crippen LogP contribution in [0, 0.1) is 0 Å². The molecule has 0 heterocycles. The van der Waals surface area contributed by atoms with E-state index in [0.717, 1.165) is 0 Å². The van der Waals surface area contributed by atoms with Crippen molar-refractivity contribution < 1.29 is 4.79 Å². The Morgan fingerprint density at radius 2 is 1.70 bits per heavy atom. The molecule has 0 spiro atoms. The number of nitrogens with zero attached hydrogens (tertiary/aromatic N) is 1. The molecule has 0 bridgehead atoms. The Morgan fingerprint density at radius 3 is 1.70 bits per heavy atom. The zero-order valence-corrected chi connectivity index (χ0v) is 9.14. The summed E-state index contributed by atoms with van der Waals surface area (Å²) >= 11 is 0. The monoisotopic (exact) mass is 160 g/mol. The number of amides is 1. The second-order valence-electron chi connectivity index (χ2n) is 2.49. The Kier molecular flexibility index (Phi) is 7.87. The Hall–Kier alpha value is -0.613. The third-order valence-electron chi connectivity index (χ3n) is 0.421. The molecule has 3 nitrogen and oxygen atoms in total. The molecule has 0 radical (unpaired) electrons. The van der Waals surface area contributed by atoms with Crippen LogP contribution >= 0.6 is 0 Å². The van der Waals surface area contributed by atoms with E-state index in [1.165, 1.54) is 10.4 Å². The molecule has 0 saturated heterocycles. The standard InChI is InChI=1S/C4H7NO.C2H9NSi/c1-3(2)4(5)6;1-3(2)4/h1H2,2H3,(H2,5,6);1-2,4H3. The van der Waals surface area contributed by atoms with Crippen LogP contribution in [-0.4, -0.2) is 35.0 Å². The molecule has 0 aliphatic rings. The summed E-state index contributed by atoms with van der Waals surface area (Å²) in [5.74, 6) is -0.435. The molecule has 0 aliphatic carbocycles. The van der Waals surface area contributed by atoms with Crippen molar-refractivity contribution in [2.45, 2.75) is 6.92 Å². The summed E-state index contributed by atoms with van der Waals surface area (Å²) in [6, 6.07) is 0. The van der Waals surface area contributed by atoms with Gasteiger partial charge >= 0.3 is 0 Å². The average molecular weight is 160 g/mol. The highest BCUT2D eigenvalue weighted by Gasteiger charge is 1.86. The van der Waals surface area contributed by atoms with Gasteiger partial charge in [-0.1, -0.05) is 6.58 Å². The molecular weight excluding hydrogens is 144 g/mol. The fourth-order valence-electron chi connectivity index (χ4n) is 0. The molecular formula is C6H16N2OSi. The molecule has 60 valence electrons. The lowest BCUT2D eigenvalue weighted by atomic mass is 10.3.